The van der Waals surface area contributed by atoms with E-state index in [2.05, 4.69) is 49.3 Å². The average molecular weight is 947 g/mol. The molecule has 6 rings (SSSR count). The molecule has 0 fully saturated rings. The van der Waals surface area contributed by atoms with Gasteiger partial charge in [0.05, 0.1) is 46.1 Å². The standard InChI is InChI=1S/C21H23F3N3OS.C18H11N3O6.CNS.Ru/c1-2-3-4-5-6-7-10-28-16-11-19(29-14-16)15-8-9-17(25-13-15)18-12-20(27-26-18)21(22,23)24;22-16(23)9-1-3-19-12(5-9)14-7-11(18(26)27)8-15(21-14)13-6-10(17(24)25)2-4-20-13;2-1-3;/h8-9,11-14H,2-7,10H2,1H3;1-8H,(H,22,23)(H,24,25)(H,26,27);;/q-1;;-1;+2. The number of thiocarbonyl (C=S) groups is 1. The van der Waals surface area contributed by atoms with Gasteiger partial charge in [-0.2, -0.15) is 18.3 Å². The largest absolute Gasteiger partial charge is 2.00 e. The van der Waals surface area contributed by atoms with Gasteiger partial charge in [-0.05, 0) is 67.1 Å². The van der Waals surface area contributed by atoms with Crippen molar-refractivity contribution in [3.63, 3.8) is 0 Å². The first kappa shape index (κ1) is 48.3. The predicted molar refractivity (Wildman–Crippen MR) is 216 cm³/mol. The van der Waals surface area contributed by atoms with E-state index in [0.717, 1.165) is 28.7 Å². The first-order valence-electron chi connectivity index (χ1n) is 17.7. The van der Waals surface area contributed by atoms with Crippen LogP contribution in [0.3, 0.4) is 0 Å². The molecular weight excluding hydrogens is 913 g/mol. The molecule has 0 saturated carbocycles. The van der Waals surface area contributed by atoms with E-state index in [-0.39, 0.29) is 64.6 Å². The smallest absolute Gasteiger partial charge is 0.753 e. The summed E-state index contributed by atoms with van der Waals surface area (Å²) in [6.45, 7) is 2.91. The number of ether oxygens (including phenoxy) is 1. The van der Waals surface area contributed by atoms with E-state index in [1.165, 1.54) is 86.1 Å². The Bertz CT molecular complexity index is 2330. The van der Waals surface area contributed by atoms with Crippen LogP contribution in [0.2, 0.25) is 0 Å². The van der Waals surface area contributed by atoms with E-state index in [1.807, 2.05) is 17.5 Å². The molecule has 0 aliphatic rings. The maximum Gasteiger partial charge on any atom is 2.00 e. The second kappa shape index (κ2) is 23.5. The van der Waals surface area contributed by atoms with Gasteiger partial charge in [-0.3, -0.25) is 15.0 Å². The molecule has 20 heteroatoms. The van der Waals surface area contributed by atoms with Crippen molar-refractivity contribution in [2.45, 2.75) is 51.6 Å². The van der Waals surface area contributed by atoms with Gasteiger partial charge in [0.25, 0.3) is 0 Å². The molecule has 6 heterocycles. The number of carbonyl (C=O) groups is 3. The summed E-state index contributed by atoms with van der Waals surface area (Å²) in [5, 5.41) is 44.7. The van der Waals surface area contributed by atoms with Crippen LogP contribution in [0.25, 0.3) is 50.0 Å². The van der Waals surface area contributed by atoms with Crippen LogP contribution in [0.15, 0.2) is 84.6 Å². The first-order chi connectivity index (χ1) is 28.2. The number of nitrogens with zero attached hydrogens (tertiary/aromatic N) is 7. The fraction of sp³-hybridized carbons (Fsp3) is 0.225. The third kappa shape index (κ3) is 14.3. The molecule has 0 atom stereocenters. The zero-order valence-electron chi connectivity index (χ0n) is 31.4. The Balaban J connectivity index is 0.000000297. The molecule has 60 heavy (non-hydrogen) atoms. The van der Waals surface area contributed by atoms with Gasteiger partial charge >= 0.3 is 43.6 Å². The zero-order valence-corrected chi connectivity index (χ0v) is 34.8. The van der Waals surface area contributed by atoms with Gasteiger partial charge in [0.15, 0.2) is 0 Å². The molecule has 0 unspecified atom stereocenters. The minimum atomic E-state index is -4.51. The Kier molecular flexibility index (Phi) is 18.9. The average Bonchev–Trinajstić information content (AvgIpc) is 3.93. The molecule has 0 aliphatic carbocycles. The van der Waals surface area contributed by atoms with Crippen LogP contribution in [0.4, 0.5) is 13.2 Å². The van der Waals surface area contributed by atoms with Gasteiger partial charge in [0.1, 0.15) is 11.4 Å². The number of hydrogen-bond donors (Lipinski definition) is 3. The number of hydrogen-bond acceptors (Lipinski definition) is 11. The summed E-state index contributed by atoms with van der Waals surface area (Å²) >= 11 is 5.24. The van der Waals surface area contributed by atoms with Crippen molar-refractivity contribution < 1.29 is 67.1 Å². The van der Waals surface area contributed by atoms with Crippen LogP contribution in [-0.2, 0) is 25.7 Å². The van der Waals surface area contributed by atoms with Gasteiger partial charge < -0.3 is 35.7 Å². The molecule has 6 aromatic rings. The molecule has 0 aromatic carbocycles. The number of carboxylic acids is 3. The van der Waals surface area contributed by atoms with Gasteiger partial charge in [-0.25, -0.2) is 19.4 Å². The fourth-order valence-electron chi connectivity index (χ4n) is 5.19. The summed E-state index contributed by atoms with van der Waals surface area (Å²) in [7, 11) is 0. The number of aromatic nitrogens is 6. The third-order valence-electron chi connectivity index (χ3n) is 8.09. The van der Waals surface area contributed by atoms with Crippen molar-refractivity contribution in [3.05, 3.63) is 112 Å². The molecule has 3 N–H and O–H groups in total. The maximum atomic E-state index is 12.7. The number of carboxylic acid groups (broad SMARTS) is 3. The van der Waals surface area contributed by atoms with Crippen LogP contribution in [0, 0.1) is 0 Å². The zero-order chi connectivity index (χ0) is 43.0. The quantitative estimate of drug-likeness (QED) is 0.0378. The monoisotopic (exact) mass is 947 g/mol. The van der Waals surface area contributed by atoms with Gasteiger partial charge in [-0.15, -0.1) is 11.3 Å². The van der Waals surface area contributed by atoms with Crippen LogP contribution in [0.5, 0.6) is 5.75 Å². The van der Waals surface area contributed by atoms with Crippen LogP contribution in [0.1, 0.15) is 82.2 Å². The Morgan fingerprint density at radius 1 is 0.783 bits per heavy atom. The number of aromatic carboxylic acids is 3. The summed E-state index contributed by atoms with van der Waals surface area (Å²) in [6, 6.07) is 14.0. The first-order valence-corrected chi connectivity index (χ1v) is 18.9. The molecule has 0 radical (unpaired) electrons. The predicted octanol–water partition coefficient (Wildman–Crippen LogP) is 9.54. The molecule has 0 spiro atoms. The van der Waals surface area contributed by atoms with Crippen LogP contribution in [-0.4, -0.2) is 70.0 Å². The number of rotatable bonds is 15. The van der Waals surface area contributed by atoms with E-state index in [9.17, 15) is 32.7 Å². The van der Waals surface area contributed by atoms with Gasteiger partial charge in [0, 0.05) is 40.1 Å². The second-order valence-corrected chi connectivity index (χ2v) is 13.4. The number of alkyl halides is 3. The summed E-state index contributed by atoms with van der Waals surface area (Å²) in [5.41, 5.74) is 0.705. The summed E-state index contributed by atoms with van der Waals surface area (Å²) < 4.78 is 43.8. The number of isothiocyanates is 1. The Morgan fingerprint density at radius 2 is 1.33 bits per heavy atom. The molecule has 0 bridgehead atoms. The molecule has 6 aromatic heterocycles. The topological polar surface area (TPSA) is 222 Å². The molecule has 0 saturated heterocycles. The van der Waals surface area contributed by atoms with E-state index in [1.54, 1.807) is 23.6 Å². The third-order valence-corrected chi connectivity index (χ3v) is 9.05. The molecule has 14 nitrogen and oxygen atoms in total. The minimum absolute atomic E-state index is 0. The summed E-state index contributed by atoms with van der Waals surface area (Å²) in [4.78, 5) is 51.3. The fourth-order valence-corrected chi connectivity index (χ4v) is 6.01. The Hall–Kier alpha value is -6.07. The number of halogens is 3. The summed E-state index contributed by atoms with van der Waals surface area (Å²) in [5.74, 6) is -2.73. The summed E-state index contributed by atoms with van der Waals surface area (Å²) in [6.07, 6.45) is 6.98. The van der Waals surface area contributed by atoms with E-state index < -0.39 is 29.8 Å². The van der Waals surface area contributed by atoms with Crippen molar-refractivity contribution in [2.24, 2.45) is 0 Å². The number of thiophene rings is 1. The van der Waals surface area contributed by atoms with Crippen molar-refractivity contribution >= 4 is 46.6 Å². The second-order valence-electron chi connectivity index (χ2n) is 12.3. The van der Waals surface area contributed by atoms with Crippen molar-refractivity contribution in [1.82, 2.24) is 30.1 Å². The molecule has 0 aliphatic heterocycles. The van der Waals surface area contributed by atoms with E-state index >= 15 is 0 Å². The van der Waals surface area contributed by atoms with Gasteiger partial charge in [-0.1, -0.05) is 56.9 Å². The number of pyridine rings is 4. The Labute approximate surface area is 363 Å². The van der Waals surface area contributed by atoms with Crippen molar-refractivity contribution in [3.8, 4) is 50.4 Å². The maximum absolute atomic E-state index is 12.7. The van der Waals surface area contributed by atoms with Crippen LogP contribution < -0.4 is 9.84 Å². The molecule has 312 valence electrons. The van der Waals surface area contributed by atoms with E-state index in [4.69, 9.17) is 20.4 Å². The normalized spacial score (nSPS) is 10.5. The van der Waals surface area contributed by atoms with Crippen molar-refractivity contribution in [1.29, 1.82) is 0 Å². The SMILES string of the molecule is CCCCCCCCOc1csc(-c2ccc(-c3cc(C(F)(F)F)n[n-]3)nc2)c1.O=C(O)c1ccnc(-c2cc(C(=O)O)cc(-c3cc(C(=O)O)ccn3)n2)c1.[N-]=C=S.[Ru+2]. The van der Waals surface area contributed by atoms with Crippen LogP contribution >= 0.6 is 23.6 Å². The van der Waals surface area contributed by atoms with Crippen molar-refractivity contribution in [2.75, 3.05) is 6.61 Å². The minimum Gasteiger partial charge on any atom is -0.753 e. The van der Waals surface area contributed by atoms with Gasteiger partial charge in [0.2, 0.25) is 0 Å². The molecular formula is C40H34F3N7O7RuS2. The number of unbranched alkanes of at least 4 members (excludes halogenated alkanes) is 5. The Morgan fingerprint density at radius 3 is 1.83 bits per heavy atom. The van der Waals surface area contributed by atoms with E-state index in [0.29, 0.717) is 12.3 Å². The molecule has 0 amide bonds.